The highest BCUT2D eigenvalue weighted by Crippen LogP contribution is 2.17. The van der Waals surface area contributed by atoms with Gasteiger partial charge in [-0.3, -0.25) is 0 Å². The van der Waals surface area contributed by atoms with Crippen molar-refractivity contribution >= 4 is 32.5 Å². The Bertz CT molecular complexity index is 634. The molecule has 0 spiro atoms. The van der Waals surface area contributed by atoms with Gasteiger partial charge in [-0.25, -0.2) is 13.4 Å². The largest absolute Gasteiger partial charge is 0.326 e. The van der Waals surface area contributed by atoms with Crippen molar-refractivity contribution < 1.29 is 8.42 Å². The molecule has 4 nitrogen and oxygen atoms in total. The standard InChI is InChI=1S/C11H13ClN2O2S/c1-17(15,16)7-6-14-10-5-3-2-4-9(10)13-11(14)8-12/h2-5H,6-8H2,1H3. The zero-order valence-corrected chi connectivity index (χ0v) is 11.0. The molecule has 0 aliphatic carbocycles. The number of imidazole rings is 1. The zero-order chi connectivity index (χ0) is 12.5. The van der Waals surface area contributed by atoms with E-state index in [0.717, 1.165) is 11.0 Å². The number of fused-ring (bicyclic) bond motifs is 1. The van der Waals surface area contributed by atoms with Crippen LogP contribution in [0.3, 0.4) is 0 Å². The molecule has 0 amide bonds. The van der Waals surface area contributed by atoms with Crippen molar-refractivity contribution in [2.24, 2.45) is 0 Å². The highest BCUT2D eigenvalue weighted by molar-refractivity contribution is 7.90. The summed E-state index contributed by atoms with van der Waals surface area (Å²) in [5.74, 6) is 1.08. The Morgan fingerprint density at radius 1 is 1.35 bits per heavy atom. The summed E-state index contributed by atoms with van der Waals surface area (Å²) in [7, 11) is -2.99. The predicted molar refractivity (Wildman–Crippen MR) is 69.0 cm³/mol. The fraction of sp³-hybridized carbons (Fsp3) is 0.364. The molecule has 6 heteroatoms. The van der Waals surface area contributed by atoms with Crippen LogP contribution in [0.1, 0.15) is 5.82 Å². The van der Waals surface area contributed by atoms with Gasteiger partial charge in [0.1, 0.15) is 15.7 Å². The first-order chi connectivity index (χ1) is 8.01. The first-order valence-corrected chi connectivity index (χ1v) is 7.78. The highest BCUT2D eigenvalue weighted by atomic mass is 35.5. The van der Waals surface area contributed by atoms with Gasteiger partial charge in [0, 0.05) is 12.8 Å². The van der Waals surface area contributed by atoms with E-state index in [1.807, 2.05) is 28.8 Å². The smallest absolute Gasteiger partial charge is 0.149 e. The number of hydrogen-bond acceptors (Lipinski definition) is 3. The summed E-state index contributed by atoms with van der Waals surface area (Å²) in [5.41, 5.74) is 1.77. The van der Waals surface area contributed by atoms with Crippen LogP contribution in [-0.2, 0) is 22.3 Å². The van der Waals surface area contributed by atoms with Crippen LogP contribution in [0.5, 0.6) is 0 Å². The second kappa shape index (κ2) is 4.66. The van der Waals surface area contributed by atoms with Crippen LogP contribution in [0.4, 0.5) is 0 Å². The van der Waals surface area contributed by atoms with Crippen LogP contribution in [0, 0.1) is 0 Å². The Hall–Kier alpha value is -1.07. The molecule has 0 aliphatic rings. The molecule has 92 valence electrons. The average molecular weight is 273 g/mol. The van der Waals surface area contributed by atoms with Crippen LogP contribution in [0.2, 0.25) is 0 Å². The number of benzene rings is 1. The van der Waals surface area contributed by atoms with Gasteiger partial charge in [0.15, 0.2) is 0 Å². The van der Waals surface area contributed by atoms with Gasteiger partial charge < -0.3 is 4.57 Å². The maximum absolute atomic E-state index is 11.2. The number of halogens is 1. The van der Waals surface area contributed by atoms with E-state index in [9.17, 15) is 8.42 Å². The van der Waals surface area contributed by atoms with E-state index in [2.05, 4.69) is 4.98 Å². The van der Waals surface area contributed by atoms with Crippen molar-refractivity contribution in [2.75, 3.05) is 12.0 Å². The molecule has 0 saturated carbocycles. The number of hydrogen-bond donors (Lipinski definition) is 0. The van der Waals surface area contributed by atoms with Gasteiger partial charge in [0.2, 0.25) is 0 Å². The molecular formula is C11H13ClN2O2S. The maximum Gasteiger partial charge on any atom is 0.149 e. The molecule has 1 heterocycles. The van der Waals surface area contributed by atoms with E-state index in [1.54, 1.807) is 0 Å². The van der Waals surface area contributed by atoms with Gasteiger partial charge in [0.05, 0.1) is 22.7 Å². The van der Waals surface area contributed by atoms with Crippen molar-refractivity contribution in [1.29, 1.82) is 0 Å². The quantitative estimate of drug-likeness (QED) is 0.798. The van der Waals surface area contributed by atoms with Gasteiger partial charge >= 0.3 is 0 Å². The highest BCUT2D eigenvalue weighted by Gasteiger charge is 2.11. The molecular weight excluding hydrogens is 260 g/mol. The van der Waals surface area contributed by atoms with Crippen molar-refractivity contribution in [3.63, 3.8) is 0 Å². The number of aromatic nitrogens is 2. The second-order valence-corrected chi connectivity index (χ2v) is 6.46. The van der Waals surface area contributed by atoms with Crippen LogP contribution < -0.4 is 0 Å². The van der Waals surface area contributed by atoms with Gasteiger partial charge in [-0.1, -0.05) is 12.1 Å². The minimum absolute atomic E-state index is 0.0945. The summed E-state index contributed by atoms with van der Waals surface area (Å²) in [6.45, 7) is 0.390. The maximum atomic E-state index is 11.2. The summed E-state index contributed by atoms with van der Waals surface area (Å²) >= 11 is 5.82. The van der Waals surface area contributed by atoms with Crippen molar-refractivity contribution in [2.45, 2.75) is 12.4 Å². The van der Waals surface area contributed by atoms with E-state index < -0.39 is 9.84 Å². The molecule has 0 aliphatic heterocycles. The molecule has 0 atom stereocenters. The van der Waals surface area contributed by atoms with Crippen LogP contribution >= 0.6 is 11.6 Å². The predicted octanol–water partition coefficient (Wildman–Crippen LogP) is 1.82. The minimum atomic E-state index is -2.99. The Labute approximate surface area is 105 Å². The molecule has 2 aromatic rings. The monoisotopic (exact) mass is 272 g/mol. The third-order valence-electron chi connectivity index (χ3n) is 2.54. The summed E-state index contributed by atoms with van der Waals surface area (Å²) < 4.78 is 24.3. The number of sulfone groups is 1. The Morgan fingerprint density at radius 3 is 2.71 bits per heavy atom. The molecule has 0 N–H and O–H groups in total. The Kier molecular flexibility index (Phi) is 3.40. The van der Waals surface area contributed by atoms with Gasteiger partial charge in [-0.2, -0.15) is 0 Å². The summed E-state index contributed by atoms with van der Waals surface area (Å²) in [6.07, 6.45) is 1.23. The minimum Gasteiger partial charge on any atom is -0.326 e. The Morgan fingerprint density at radius 2 is 2.06 bits per heavy atom. The summed E-state index contributed by atoms with van der Waals surface area (Å²) in [5, 5.41) is 0. The van der Waals surface area contributed by atoms with Crippen molar-refractivity contribution in [3.8, 4) is 0 Å². The average Bonchev–Trinajstić information content (AvgIpc) is 2.63. The molecule has 2 rings (SSSR count). The zero-order valence-electron chi connectivity index (χ0n) is 9.43. The summed E-state index contributed by atoms with van der Waals surface area (Å²) in [4.78, 5) is 4.37. The van der Waals surface area contributed by atoms with Crippen molar-refractivity contribution in [3.05, 3.63) is 30.1 Å². The third-order valence-corrected chi connectivity index (χ3v) is 3.70. The SMILES string of the molecule is CS(=O)(=O)CCn1c(CCl)nc2ccccc21. The number of rotatable bonds is 4. The van der Waals surface area contributed by atoms with Gasteiger partial charge in [0.25, 0.3) is 0 Å². The van der Waals surface area contributed by atoms with E-state index in [1.165, 1.54) is 6.26 Å². The van der Waals surface area contributed by atoms with E-state index in [4.69, 9.17) is 11.6 Å². The molecule has 1 aromatic heterocycles. The molecule has 1 aromatic carbocycles. The molecule has 0 saturated heterocycles. The van der Waals surface area contributed by atoms with Crippen LogP contribution in [-0.4, -0.2) is 30.0 Å². The number of para-hydroxylation sites is 2. The lowest BCUT2D eigenvalue weighted by Crippen LogP contribution is -2.12. The lowest BCUT2D eigenvalue weighted by molar-refractivity contribution is 0.594. The number of aryl methyl sites for hydroxylation is 1. The van der Waals surface area contributed by atoms with Crippen LogP contribution in [0.25, 0.3) is 11.0 Å². The molecule has 17 heavy (non-hydrogen) atoms. The topological polar surface area (TPSA) is 52.0 Å². The lowest BCUT2D eigenvalue weighted by Gasteiger charge is -2.06. The summed E-state index contributed by atoms with van der Waals surface area (Å²) in [6, 6.07) is 7.61. The first kappa shape index (κ1) is 12.4. The lowest BCUT2D eigenvalue weighted by atomic mass is 10.3. The fourth-order valence-electron chi connectivity index (χ4n) is 1.73. The Balaban J connectivity index is 2.43. The van der Waals surface area contributed by atoms with E-state index in [0.29, 0.717) is 12.4 Å². The normalized spacial score (nSPS) is 12.1. The molecule has 0 bridgehead atoms. The first-order valence-electron chi connectivity index (χ1n) is 5.19. The molecule has 0 fully saturated rings. The van der Waals surface area contributed by atoms with Gasteiger partial charge in [-0.05, 0) is 12.1 Å². The molecule has 0 unspecified atom stereocenters. The van der Waals surface area contributed by atoms with Crippen molar-refractivity contribution in [1.82, 2.24) is 9.55 Å². The van der Waals surface area contributed by atoms with Gasteiger partial charge in [-0.15, -0.1) is 11.6 Å². The van der Waals surface area contributed by atoms with E-state index >= 15 is 0 Å². The van der Waals surface area contributed by atoms with Crippen LogP contribution in [0.15, 0.2) is 24.3 Å². The second-order valence-electron chi connectivity index (χ2n) is 3.93. The number of nitrogens with zero attached hydrogens (tertiary/aromatic N) is 2. The number of alkyl halides is 1. The molecule has 0 radical (unpaired) electrons. The third kappa shape index (κ3) is 2.79. The fourth-order valence-corrected chi connectivity index (χ4v) is 2.45. The van der Waals surface area contributed by atoms with E-state index in [-0.39, 0.29) is 11.6 Å².